The second kappa shape index (κ2) is 26.5. The van der Waals surface area contributed by atoms with Crippen molar-refractivity contribution in [2.75, 3.05) is 26.4 Å². The number of hydrogen-bond donors (Lipinski definition) is 12. The Hall–Kier alpha value is -2.88. The third-order valence-electron chi connectivity index (χ3n) is 21.9. The zero-order chi connectivity index (χ0) is 66.6. The van der Waals surface area contributed by atoms with Crippen LogP contribution < -0.4 is 0 Å². The van der Waals surface area contributed by atoms with Crippen molar-refractivity contribution < 1.29 is 145 Å². The highest BCUT2D eigenvalue weighted by molar-refractivity contribution is 7.80. The summed E-state index contributed by atoms with van der Waals surface area (Å²) >= 11 is 0. The molecule has 0 aromatic rings. The largest absolute Gasteiger partial charge is 0.463 e. The fraction of sp³-hybridized carbons (Fsp3) is 0.883. The highest BCUT2D eigenvalue weighted by atomic mass is 32.3. The number of allylic oxidation sites excluding steroid dienone is 3. The van der Waals surface area contributed by atoms with E-state index in [9.17, 15) is 83.5 Å². The van der Waals surface area contributed by atoms with Crippen LogP contribution in [0.5, 0.6) is 0 Å². The Bertz CT molecular complexity index is 2810. The van der Waals surface area contributed by atoms with Crippen molar-refractivity contribution in [3.05, 3.63) is 23.8 Å². The van der Waals surface area contributed by atoms with Gasteiger partial charge in [-0.25, -0.2) is 4.18 Å². The average molecular weight is 1330 g/mol. The number of ketones is 1. The van der Waals surface area contributed by atoms with E-state index in [1.54, 1.807) is 0 Å². The summed E-state index contributed by atoms with van der Waals surface area (Å²) in [7, 11) is -5.29. The molecule has 3 saturated carbocycles. The van der Waals surface area contributed by atoms with Crippen LogP contribution in [0.1, 0.15) is 113 Å². The highest BCUT2D eigenvalue weighted by Crippen LogP contribution is 2.75. The Kier molecular flexibility index (Phi) is 20.7. The minimum absolute atomic E-state index is 0.0305. The first-order chi connectivity index (χ1) is 42.5. The van der Waals surface area contributed by atoms with E-state index >= 15 is 0 Å². The summed E-state index contributed by atoms with van der Waals surface area (Å²) in [5.74, 6) is -1.81. The van der Waals surface area contributed by atoms with Crippen molar-refractivity contribution in [2.45, 2.75) is 266 Å². The van der Waals surface area contributed by atoms with E-state index < -0.39 is 223 Å². The molecule has 1 spiro atoms. The number of esters is 2. The van der Waals surface area contributed by atoms with Gasteiger partial charge in [0.05, 0.1) is 43.4 Å². The summed E-state index contributed by atoms with van der Waals surface area (Å²) in [5.41, 5.74) is -1.80. The molecule has 91 heavy (non-hydrogen) atoms. The van der Waals surface area contributed by atoms with Gasteiger partial charge in [0.15, 0.2) is 31.5 Å². The predicted octanol–water partition coefficient (Wildman–Crippen LogP) is -2.00. The number of aliphatic hydroxyl groups excluding tert-OH is 11. The van der Waals surface area contributed by atoms with Crippen LogP contribution >= 0.6 is 0 Å². The minimum atomic E-state index is -5.29. The zero-order valence-corrected chi connectivity index (χ0v) is 53.0. The molecule has 30 nitrogen and oxygen atoms in total. The maximum absolute atomic E-state index is 14.5. The van der Waals surface area contributed by atoms with E-state index in [0.29, 0.717) is 38.5 Å². The average Bonchev–Trinajstić information content (AvgIpc) is 1.55. The summed E-state index contributed by atoms with van der Waals surface area (Å²) in [6.45, 7) is 15.8. The summed E-state index contributed by atoms with van der Waals surface area (Å²) in [6.07, 6.45) is -36.6. The van der Waals surface area contributed by atoms with Gasteiger partial charge in [-0.2, -0.15) is 8.42 Å². The molecular formula is C60H92O30S. The molecule has 6 aliphatic heterocycles. The molecule has 31 atom stereocenters. The van der Waals surface area contributed by atoms with Gasteiger partial charge in [-0.15, -0.1) is 6.58 Å². The molecule has 0 aromatic carbocycles. The second-order valence-corrected chi connectivity index (χ2v) is 29.1. The van der Waals surface area contributed by atoms with Gasteiger partial charge in [-0.05, 0) is 94.8 Å². The molecule has 10 aliphatic rings. The third-order valence-corrected chi connectivity index (χ3v) is 22.3. The normalized spacial score (nSPS) is 49.8. The number of cyclic esters (lactones) is 1. The van der Waals surface area contributed by atoms with Crippen LogP contribution in [0.4, 0.5) is 0 Å². The van der Waals surface area contributed by atoms with E-state index in [2.05, 4.69) is 26.5 Å². The first-order valence-electron chi connectivity index (χ1n) is 31.3. The fourth-order valence-corrected chi connectivity index (χ4v) is 17.6. The molecule has 4 aliphatic carbocycles. The molecule has 12 N–H and O–H groups in total. The number of hydrogen-bond acceptors (Lipinski definition) is 29. The number of aliphatic hydroxyl groups is 11. The van der Waals surface area contributed by atoms with Gasteiger partial charge in [-0.1, -0.05) is 44.9 Å². The lowest BCUT2D eigenvalue weighted by Crippen LogP contribution is -2.68. The highest BCUT2D eigenvalue weighted by Gasteiger charge is 2.79. The van der Waals surface area contributed by atoms with E-state index in [1.807, 2.05) is 27.7 Å². The standard InChI is InChI=1S/C60H92O30S/c1-24(2)11-10-16-59(9)49-29(63)19-58(8)28-12-13-34-56(5,6)35(15-17-57(34,7)27(28)14-18-60(49,58)55(74)89-59)84-53-47(39(68)33(23-80-53)90-91(75,76)77)88-54-48(87-50-41(70)36(65)30(64)21-79-50)43(72)45(25(3)81-54)85-52-44(73)46(38(67)31(20-61)82-52)86-51-42(71)40(69)37(66)32(83-51)22-78-26(4)62/h12,25,27,30-54,61,64-73H,1,10-11,13-23H2,2-9H3,(H,75,76,77)/t25?,27?,30?,31?,32?,33?,34?,35?,36?,37?,38?,39?,40?,41?,42?,43?,44?,45?,46?,47?,48?,49?,50?,51?,52?,53?,54?,57?,58-,59-,60?/m0/s1. The van der Waals surface area contributed by atoms with Crippen molar-refractivity contribution in [2.24, 2.45) is 39.4 Å². The van der Waals surface area contributed by atoms with Gasteiger partial charge in [-0.3, -0.25) is 18.9 Å². The van der Waals surface area contributed by atoms with E-state index in [-0.39, 0.29) is 30.0 Å². The van der Waals surface area contributed by atoms with Crippen LogP contribution in [0.25, 0.3) is 0 Å². The van der Waals surface area contributed by atoms with Crippen molar-refractivity contribution in [1.82, 2.24) is 0 Å². The molecule has 29 unspecified atom stereocenters. The number of ether oxygens (including phenoxy) is 12. The molecule has 0 radical (unpaired) electrons. The van der Waals surface area contributed by atoms with Gasteiger partial charge in [0.2, 0.25) is 0 Å². The van der Waals surface area contributed by atoms with Gasteiger partial charge < -0.3 is 113 Å². The minimum Gasteiger partial charge on any atom is -0.463 e. The third kappa shape index (κ3) is 12.8. The molecule has 0 aromatic heterocycles. The molecule has 6 saturated heterocycles. The molecule has 31 heteroatoms. The molecule has 518 valence electrons. The zero-order valence-electron chi connectivity index (χ0n) is 52.2. The van der Waals surface area contributed by atoms with Crippen molar-refractivity contribution >= 4 is 28.1 Å². The van der Waals surface area contributed by atoms with Gasteiger partial charge >= 0.3 is 22.3 Å². The Balaban J connectivity index is 0.903. The quantitative estimate of drug-likeness (QED) is 0.0378. The van der Waals surface area contributed by atoms with Crippen molar-refractivity contribution in [3.63, 3.8) is 0 Å². The van der Waals surface area contributed by atoms with Crippen molar-refractivity contribution in [1.29, 1.82) is 0 Å². The summed E-state index contributed by atoms with van der Waals surface area (Å²) < 4.78 is 111. The first kappa shape index (κ1) is 70.9. The molecule has 9 fully saturated rings. The summed E-state index contributed by atoms with van der Waals surface area (Å²) in [5, 5.41) is 122. The lowest BCUT2D eigenvalue weighted by Gasteiger charge is -2.63. The monoisotopic (exact) mass is 1320 g/mol. The van der Waals surface area contributed by atoms with Crippen LogP contribution in [0.2, 0.25) is 0 Å². The lowest BCUT2D eigenvalue weighted by molar-refractivity contribution is -0.403. The number of carbonyl (C=O) groups is 3. The van der Waals surface area contributed by atoms with Crippen LogP contribution in [-0.4, -0.2) is 266 Å². The van der Waals surface area contributed by atoms with Crippen LogP contribution in [0.3, 0.4) is 0 Å². The number of fused-ring (bicyclic) bond motifs is 4. The van der Waals surface area contributed by atoms with Crippen LogP contribution in [0, 0.1) is 39.4 Å². The summed E-state index contributed by atoms with van der Waals surface area (Å²) in [6, 6.07) is 0. The molecule has 6 heterocycles. The Morgan fingerprint density at radius 3 is 1.99 bits per heavy atom. The molecule has 0 bridgehead atoms. The maximum atomic E-state index is 14.5. The van der Waals surface area contributed by atoms with E-state index in [4.69, 9.17) is 61.0 Å². The van der Waals surface area contributed by atoms with Gasteiger partial charge in [0.25, 0.3) is 0 Å². The maximum Gasteiger partial charge on any atom is 0.397 e. The SMILES string of the molecule is C=C(C)CCC[C@]1(C)OC(=O)C23CCC4C(=CCC5C(C)(C)C(OC6OCC(OS(=O)(=O)O)C(O)C6OC6OC(C)C(OC7OC(CO)C(O)C(OC8OC(COC(C)=O)C(O)C(O)C8O)C7O)C(O)C6OC6OCC(O)C(O)C6O)CCC45C)[C@]2(C)CC(=O)C31. The van der Waals surface area contributed by atoms with Crippen molar-refractivity contribution in [3.8, 4) is 0 Å². The smallest absolute Gasteiger partial charge is 0.397 e. The topological polar surface area (TPSA) is 448 Å². The number of carbonyl (C=O) groups excluding carboxylic acids is 3. The Morgan fingerprint density at radius 2 is 1.32 bits per heavy atom. The number of Topliss-reactive ketones (excluding diaryl/α,β-unsaturated/α-hetero) is 1. The molecular weight excluding hydrogens is 1230 g/mol. The lowest BCUT2D eigenvalue weighted by atomic mass is 9.41. The number of rotatable bonds is 19. The molecule has 0 amide bonds. The van der Waals surface area contributed by atoms with Gasteiger partial charge in [0.1, 0.15) is 122 Å². The predicted molar refractivity (Wildman–Crippen MR) is 303 cm³/mol. The fourth-order valence-electron chi connectivity index (χ4n) is 17.2. The van der Waals surface area contributed by atoms with E-state index in [0.717, 1.165) is 30.9 Å². The van der Waals surface area contributed by atoms with Crippen LogP contribution in [-0.2, 0) is 85.8 Å². The first-order valence-corrected chi connectivity index (χ1v) is 32.7. The second-order valence-electron chi connectivity index (χ2n) is 28.1. The van der Waals surface area contributed by atoms with Crippen LogP contribution in [0.15, 0.2) is 23.8 Å². The molecule has 10 rings (SSSR count). The Morgan fingerprint density at radius 1 is 0.692 bits per heavy atom. The van der Waals surface area contributed by atoms with Gasteiger partial charge in [0, 0.05) is 18.8 Å². The Labute approximate surface area is 526 Å². The van der Waals surface area contributed by atoms with E-state index in [1.165, 1.54) is 6.92 Å². The summed E-state index contributed by atoms with van der Waals surface area (Å²) in [4.78, 5) is 40.5.